The second kappa shape index (κ2) is 4.46. The van der Waals surface area contributed by atoms with Gasteiger partial charge in [0, 0.05) is 18.1 Å². The minimum atomic E-state index is -0.531. The van der Waals surface area contributed by atoms with Gasteiger partial charge in [0.2, 0.25) is 0 Å². The summed E-state index contributed by atoms with van der Waals surface area (Å²) >= 11 is 0. The Balaban J connectivity index is 1.93. The van der Waals surface area contributed by atoms with Crippen LogP contribution in [0.15, 0.2) is 54.6 Å². The molecule has 1 saturated carbocycles. The fraction of sp³-hybridized carbons (Fsp3) is 0.188. The third-order valence-corrected chi connectivity index (χ3v) is 3.96. The van der Waals surface area contributed by atoms with E-state index in [-0.39, 0.29) is 11.6 Å². The van der Waals surface area contributed by atoms with E-state index >= 15 is 0 Å². The quantitative estimate of drug-likeness (QED) is 0.629. The van der Waals surface area contributed by atoms with Gasteiger partial charge in [0.25, 0.3) is 5.69 Å². The molecular formula is C16H12N2O2. The maximum atomic E-state index is 10.7. The summed E-state index contributed by atoms with van der Waals surface area (Å²) in [4.78, 5) is 10.2. The van der Waals surface area contributed by atoms with Gasteiger partial charge in [-0.15, -0.1) is 0 Å². The summed E-state index contributed by atoms with van der Waals surface area (Å²) in [7, 11) is 0. The molecule has 4 nitrogen and oxygen atoms in total. The molecule has 0 amide bonds. The lowest BCUT2D eigenvalue weighted by molar-refractivity contribution is -0.384. The molecule has 1 aliphatic carbocycles. The van der Waals surface area contributed by atoms with Crippen molar-refractivity contribution in [2.75, 3.05) is 0 Å². The Morgan fingerprint density at radius 1 is 1.15 bits per heavy atom. The van der Waals surface area contributed by atoms with Gasteiger partial charge in [0.15, 0.2) is 0 Å². The van der Waals surface area contributed by atoms with Crippen LogP contribution < -0.4 is 0 Å². The second-order valence-corrected chi connectivity index (χ2v) is 5.05. The van der Waals surface area contributed by atoms with Crippen molar-refractivity contribution >= 4 is 5.69 Å². The van der Waals surface area contributed by atoms with Gasteiger partial charge in [0.1, 0.15) is 0 Å². The molecule has 0 unspecified atom stereocenters. The maximum absolute atomic E-state index is 10.7. The standard InChI is InChI=1S/C16H12N2O2/c17-11-16(10-15(16)12-4-2-1-3-5-12)13-6-8-14(9-7-13)18(19)20/h1-9,15H,10H2/t15-,16-/m1/s1. The van der Waals surface area contributed by atoms with E-state index in [9.17, 15) is 15.4 Å². The van der Waals surface area contributed by atoms with Crippen LogP contribution in [-0.2, 0) is 5.41 Å². The lowest BCUT2D eigenvalue weighted by atomic mass is 9.92. The third-order valence-electron chi connectivity index (χ3n) is 3.96. The molecule has 4 heteroatoms. The predicted octanol–water partition coefficient (Wildman–Crippen LogP) is 3.54. The van der Waals surface area contributed by atoms with Crippen molar-refractivity contribution in [3.63, 3.8) is 0 Å². The molecule has 2 aromatic rings. The largest absolute Gasteiger partial charge is 0.269 e. The topological polar surface area (TPSA) is 66.9 Å². The molecule has 20 heavy (non-hydrogen) atoms. The highest BCUT2D eigenvalue weighted by atomic mass is 16.6. The zero-order valence-corrected chi connectivity index (χ0v) is 10.7. The first kappa shape index (κ1) is 12.4. The van der Waals surface area contributed by atoms with Crippen LogP contribution in [0.2, 0.25) is 0 Å². The van der Waals surface area contributed by atoms with Crippen LogP contribution in [0.4, 0.5) is 5.69 Å². The summed E-state index contributed by atoms with van der Waals surface area (Å²) in [6.07, 6.45) is 0.769. The van der Waals surface area contributed by atoms with Crippen LogP contribution in [0.3, 0.4) is 0 Å². The van der Waals surface area contributed by atoms with E-state index in [0.29, 0.717) is 0 Å². The first-order chi connectivity index (χ1) is 9.67. The van der Waals surface area contributed by atoms with Gasteiger partial charge in [0.05, 0.1) is 16.4 Å². The molecule has 0 aliphatic heterocycles. The molecule has 0 heterocycles. The normalized spacial score (nSPS) is 23.9. The molecule has 3 rings (SSSR count). The molecule has 2 aromatic carbocycles. The number of hydrogen-bond acceptors (Lipinski definition) is 3. The van der Waals surface area contributed by atoms with Crippen LogP contribution in [0.5, 0.6) is 0 Å². The number of nitriles is 1. The van der Waals surface area contributed by atoms with Crippen LogP contribution in [0, 0.1) is 21.4 Å². The zero-order valence-electron chi connectivity index (χ0n) is 10.7. The van der Waals surface area contributed by atoms with Crippen molar-refractivity contribution < 1.29 is 4.92 Å². The fourth-order valence-electron chi connectivity index (χ4n) is 2.74. The third kappa shape index (κ3) is 1.84. The number of hydrogen-bond donors (Lipinski definition) is 0. The SMILES string of the molecule is N#C[C@@]1(c2ccc([N+](=O)[O-])cc2)C[C@@H]1c1ccccc1. The number of nitro groups is 1. The number of benzene rings is 2. The molecule has 1 aliphatic rings. The van der Waals surface area contributed by atoms with Crippen LogP contribution >= 0.6 is 0 Å². The number of nitrogens with zero attached hydrogens (tertiary/aromatic N) is 2. The minimum Gasteiger partial charge on any atom is -0.258 e. The molecule has 2 atom stereocenters. The van der Waals surface area contributed by atoms with Crippen LogP contribution in [0.25, 0.3) is 0 Å². The second-order valence-electron chi connectivity index (χ2n) is 5.05. The number of non-ortho nitro benzene ring substituents is 1. The molecule has 0 N–H and O–H groups in total. The van der Waals surface area contributed by atoms with E-state index in [1.165, 1.54) is 12.1 Å². The average Bonchev–Trinajstić information content (AvgIpc) is 3.24. The summed E-state index contributed by atoms with van der Waals surface area (Å²) in [6.45, 7) is 0. The van der Waals surface area contributed by atoms with Gasteiger partial charge in [-0.2, -0.15) is 5.26 Å². The monoisotopic (exact) mass is 264 g/mol. The first-order valence-corrected chi connectivity index (χ1v) is 6.38. The van der Waals surface area contributed by atoms with Gasteiger partial charge in [-0.3, -0.25) is 10.1 Å². The van der Waals surface area contributed by atoms with Gasteiger partial charge >= 0.3 is 0 Å². The summed E-state index contributed by atoms with van der Waals surface area (Å²) in [5, 5.41) is 20.2. The van der Waals surface area contributed by atoms with E-state index < -0.39 is 10.3 Å². The van der Waals surface area contributed by atoms with Gasteiger partial charge in [-0.05, 0) is 17.5 Å². The molecule has 0 spiro atoms. The lowest BCUT2D eigenvalue weighted by Gasteiger charge is -2.09. The average molecular weight is 264 g/mol. The summed E-state index contributed by atoms with van der Waals surface area (Å²) < 4.78 is 0. The van der Waals surface area contributed by atoms with Crippen molar-refractivity contribution in [1.82, 2.24) is 0 Å². The zero-order chi connectivity index (χ0) is 14.2. The number of nitro benzene ring substituents is 1. The Morgan fingerprint density at radius 3 is 2.35 bits per heavy atom. The van der Waals surface area contributed by atoms with Crippen LogP contribution in [-0.4, -0.2) is 4.92 Å². The van der Waals surface area contributed by atoms with Crippen molar-refractivity contribution in [1.29, 1.82) is 5.26 Å². The van der Waals surface area contributed by atoms with Crippen molar-refractivity contribution in [2.24, 2.45) is 0 Å². The van der Waals surface area contributed by atoms with Gasteiger partial charge in [-0.1, -0.05) is 42.5 Å². The summed E-state index contributed by atoms with van der Waals surface area (Å²) in [5.41, 5.74) is 1.53. The lowest BCUT2D eigenvalue weighted by Crippen LogP contribution is -2.06. The summed E-state index contributed by atoms with van der Waals surface area (Å²) in [6, 6.07) is 18.7. The fourth-order valence-corrected chi connectivity index (χ4v) is 2.74. The molecule has 1 fully saturated rings. The van der Waals surface area contributed by atoms with Crippen molar-refractivity contribution in [2.45, 2.75) is 17.8 Å². The van der Waals surface area contributed by atoms with Gasteiger partial charge in [-0.25, -0.2) is 0 Å². The van der Waals surface area contributed by atoms with E-state index in [2.05, 4.69) is 6.07 Å². The van der Waals surface area contributed by atoms with E-state index in [0.717, 1.165) is 17.5 Å². The first-order valence-electron chi connectivity index (χ1n) is 6.38. The maximum Gasteiger partial charge on any atom is 0.269 e. The molecule has 0 radical (unpaired) electrons. The van der Waals surface area contributed by atoms with Crippen LogP contribution in [0.1, 0.15) is 23.5 Å². The van der Waals surface area contributed by atoms with Crippen molar-refractivity contribution in [3.8, 4) is 6.07 Å². The Labute approximate surface area is 116 Å². The highest BCUT2D eigenvalue weighted by Gasteiger charge is 2.56. The van der Waals surface area contributed by atoms with Crippen molar-refractivity contribution in [3.05, 3.63) is 75.8 Å². The Hall–Kier alpha value is -2.67. The molecule has 0 aromatic heterocycles. The van der Waals surface area contributed by atoms with E-state index in [1.807, 2.05) is 30.3 Å². The molecule has 0 bridgehead atoms. The number of rotatable bonds is 3. The molecule has 98 valence electrons. The highest BCUT2D eigenvalue weighted by Crippen LogP contribution is 2.60. The Morgan fingerprint density at radius 2 is 1.80 bits per heavy atom. The molecule has 0 saturated heterocycles. The van der Waals surface area contributed by atoms with E-state index in [1.54, 1.807) is 12.1 Å². The van der Waals surface area contributed by atoms with E-state index in [4.69, 9.17) is 0 Å². The predicted molar refractivity (Wildman–Crippen MR) is 74.2 cm³/mol. The van der Waals surface area contributed by atoms with Gasteiger partial charge < -0.3 is 0 Å². The summed E-state index contributed by atoms with van der Waals surface area (Å²) in [5.74, 6) is 0.176. The Kier molecular flexibility index (Phi) is 2.76. The minimum absolute atomic E-state index is 0.0544. The Bertz CT molecular complexity index is 689. The smallest absolute Gasteiger partial charge is 0.258 e. The highest BCUT2D eigenvalue weighted by molar-refractivity contribution is 5.51. The molecular weight excluding hydrogens is 252 g/mol.